The first-order chi connectivity index (χ1) is 11.0. The van der Waals surface area contributed by atoms with Crippen LogP contribution in [0.15, 0.2) is 24.5 Å². The summed E-state index contributed by atoms with van der Waals surface area (Å²) in [6.45, 7) is 0.826. The lowest BCUT2D eigenvalue weighted by atomic mass is 10.2. The van der Waals surface area contributed by atoms with Crippen LogP contribution in [-0.4, -0.2) is 56.8 Å². The van der Waals surface area contributed by atoms with Crippen LogP contribution in [0.3, 0.4) is 0 Å². The Hall–Kier alpha value is -3.03. The van der Waals surface area contributed by atoms with Crippen molar-refractivity contribution in [3.05, 3.63) is 36.0 Å². The maximum Gasteiger partial charge on any atom is 0.326 e. The molecule has 0 bridgehead atoms. The van der Waals surface area contributed by atoms with E-state index in [0.29, 0.717) is 35.0 Å². The van der Waals surface area contributed by atoms with Crippen LogP contribution < -0.4 is 0 Å². The SMILES string of the molecule is CN1CCN(C(=O)c2cc3c(cn2)[nH]c2ncc(F)cc23)C1=O. The average molecular weight is 313 g/mol. The number of carbonyl (C=O) groups excluding carboxylic acids is 2. The second-order valence-electron chi connectivity index (χ2n) is 5.45. The molecule has 4 rings (SSSR count). The number of amides is 3. The van der Waals surface area contributed by atoms with E-state index in [1.807, 2.05) is 0 Å². The molecule has 3 aromatic rings. The van der Waals surface area contributed by atoms with Gasteiger partial charge in [-0.2, -0.15) is 0 Å². The van der Waals surface area contributed by atoms with Gasteiger partial charge in [0.1, 0.15) is 17.2 Å². The summed E-state index contributed by atoms with van der Waals surface area (Å²) in [5.41, 5.74) is 1.32. The molecule has 0 aliphatic carbocycles. The van der Waals surface area contributed by atoms with E-state index in [1.165, 1.54) is 17.2 Å². The Balaban J connectivity index is 1.82. The maximum atomic E-state index is 13.4. The number of pyridine rings is 2. The van der Waals surface area contributed by atoms with E-state index >= 15 is 0 Å². The van der Waals surface area contributed by atoms with Gasteiger partial charge in [-0.25, -0.2) is 19.2 Å². The highest BCUT2D eigenvalue weighted by Crippen LogP contribution is 2.25. The van der Waals surface area contributed by atoms with Gasteiger partial charge in [-0.1, -0.05) is 0 Å². The third-order valence-corrected chi connectivity index (χ3v) is 3.98. The molecule has 1 aliphatic rings. The molecular weight excluding hydrogens is 301 g/mol. The topological polar surface area (TPSA) is 82.2 Å². The number of H-pyrrole nitrogens is 1. The van der Waals surface area contributed by atoms with Crippen LogP contribution in [0.4, 0.5) is 9.18 Å². The molecular formula is C15H12FN5O2. The number of fused-ring (bicyclic) bond motifs is 3. The van der Waals surface area contributed by atoms with Crippen molar-refractivity contribution in [2.24, 2.45) is 0 Å². The van der Waals surface area contributed by atoms with E-state index in [9.17, 15) is 14.0 Å². The fraction of sp³-hybridized carbons (Fsp3) is 0.200. The molecule has 1 aliphatic heterocycles. The van der Waals surface area contributed by atoms with Gasteiger partial charge < -0.3 is 9.88 Å². The van der Waals surface area contributed by atoms with E-state index in [1.54, 1.807) is 13.1 Å². The minimum absolute atomic E-state index is 0.145. The Morgan fingerprint density at radius 1 is 1.22 bits per heavy atom. The Morgan fingerprint density at radius 3 is 2.78 bits per heavy atom. The lowest BCUT2D eigenvalue weighted by Gasteiger charge is -2.13. The number of hydrogen-bond acceptors (Lipinski definition) is 4. The van der Waals surface area contributed by atoms with Crippen molar-refractivity contribution in [2.45, 2.75) is 0 Å². The van der Waals surface area contributed by atoms with Crippen LogP contribution in [0.2, 0.25) is 0 Å². The molecule has 0 atom stereocenters. The van der Waals surface area contributed by atoms with Crippen molar-refractivity contribution in [3.63, 3.8) is 0 Å². The van der Waals surface area contributed by atoms with Crippen LogP contribution in [0.5, 0.6) is 0 Å². The van der Waals surface area contributed by atoms with Gasteiger partial charge in [-0.3, -0.25) is 9.69 Å². The Labute approximate surface area is 129 Å². The first-order valence-electron chi connectivity index (χ1n) is 7.04. The molecule has 7 nitrogen and oxygen atoms in total. The molecule has 0 radical (unpaired) electrons. The number of halogens is 1. The number of urea groups is 1. The Bertz CT molecular complexity index is 967. The standard InChI is InChI=1S/C15H12FN5O2/c1-20-2-3-21(15(20)23)14(22)11-5-9-10-4-8(16)6-18-13(10)19-12(9)7-17-11/h4-7H,2-3H2,1H3,(H,18,19). The summed E-state index contributed by atoms with van der Waals surface area (Å²) < 4.78 is 13.4. The van der Waals surface area contributed by atoms with Gasteiger partial charge in [0.15, 0.2) is 0 Å². The van der Waals surface area contributed by atoms with Crippen LogP contribution in [-0.2, 0) is 0 Å². The highest BCUT2D eigenvalue weighted by Gasteiger charge is 2.32. The van der Waals surface area contributed by atoms with Gasteiger partial charge in [0.05, 0.1) is 17.9 Å². The van der Waals surface area contributed by atoms with Gasteiger partial charge in [-0.05, 0) is 12.1 Å². The molecule has 0 spiro atoms. The van der Waals surface area contributed by atoms with Crippen LogP contribution in [0.25, 0.3) is 21.9 Å². The molecule has 0 unspecified atom stereocenters. The Morgan fingerprint density at radius 2 is 2.04 bits per heavy atom. The fourth-order valence-electron chi connectivity index (χ4n) is 2.74. The smallest absolute Gasteiger partial charge is 0.326 e. The minimum Gasteiger partial charge on any atom is -0.338 e. The van der Waals surface area contributed by atoms with E-state index in [2.05, 4.69) is 15.0 Å². The third-order valence-electron chi connectivity index (χ3n) is 3.98. The summed E-state index contributed by atoms with van der Waals surface area (Å²) in [6.07, 6.45) is 2.61. The number of carbonyl (C=O) groups is 2. The van der Waals surface area contributed by atoms with E-state index < -0.39 is 11.7 Å². The van der Waals surface area contributed by atoms with Gasteiger partial charge >= 0.3 is 6.03 Å². The van der Waals surface area contributed by atoms with Crippen molar-refractivity contribution in [3.8, 4) is 0 Å². The molecule has 0 saturated carbocycles. The predicted octanol–water partition coefficient (Wildman–Crippen LogP) is 1.76. The van der Waals surface area contributed by atoms with Crippen molar-refractivity contribution < 1.29 is 14.0 Å². The monoisotopic (exact) mass is 313 g/mol. The summed E-state index contributed by atoms with van der Waals surface area (Å²) >= 11 is 0. The Kier molecular flexibility index (Phi) is 2.80. The minimum atomic E-state index is -0.459. The molecule has 1 N–H and O–H groups in total. The number of nitrogens with zero attached hydrogens (tertiary/aromatic N) is 4. The largest absolute Gasteiger partial charge is 0.338 e. The fourth-order valence-corrected chi connectivity index (χ4v) is 2.74. The molecule has 1 saturated heterocycles. The number of imide groups is 1. The number of hydrogen-bond donors (Lipinski definition) is 1. The zero-order chi connectivity index (χ0) is 16.1. The van der Waals surface area contributed by atoms with E-state index in [-0.39, 0.29) is 11.7 Å². The number of rotatable bonds is 1. The average Bonchev–Trinajstić information content (AvgIpc) is 3.07. The van der Waals surface area contributed by atoms with Crippen LogP contribution in [0.1, 0.15) is 10.5 Å². The lowest BCUT2D eigenvalue weighted by molar-refractivity contribution is 0.0818. The molecule has 1 fully saturated rings. The second-order valence-corrected chi connectivity index (χ2v) is 5.45. The van der Waals surface area contributed by atoms with E-state index in [0.717, 1.165) is 11.1 Å². The van der Waals surface area contributed by atoms with Crippen molar-refractivity contribution >= 4 is 33.9 Å². The predicted molar refractivity (Wildman–Crippen MR) is 80.4 cm³/mol. The number of nitrogens with one attached hydrogen (secondary N) is 1. The van der Waals surface area contributed by atoms with Gasteiger partial charge in [0, 0.05) is 30.9 Å². The van der Waals surface area contributed by atoms with Crippen LogP contribution >= 0.6 is 0 Å². The summed E-state index contributed by atoms with van der Waals surface area (Å²) in [5.74, 6) is -0.917. The normalized spacial score (nSPS) is 15.1. The van der Waals surface area contributed by atoms with Gasteiger partial charge in [0.25, 0.3) is 5.91 Å². The van der Waals surface area contributed by atoms with E-state index in [4.69, 9.17) is 0 Å². The van der Waals surface area contributed by atoms with Crippen molar-refractivity contribution in [1.82, 2.24) is 24.8 Å². The first-order valence-corrected chi connectivity index (χ1v) is 7.04. The first kappa shape index (κ1) is 13.6. The summed E-state index contributed by atoms with van der Waals surface area (Å²) in [4.78, 5) is 38.2. The third kappa shape index (κ3) is 2.02. The second kappa shape index (κ2) is 4.73. The number of likely N-dealkylation sites (N-methyl/N-ethyl adjacent to an activating group) is 1. The molecule has 8 heteroatoms. The zero-order valence-electron chi connectivity index (χ0n) is 12.2. The summed E-state index contributed by atoms with van der Waals surface area (Å²) in [7, 11) is 1.64. The van der Waals surface area contributed by atoms with Gasteiger partial charge in [-0.15, -0.1) is 0 Å². The molecule has 0 aromatic carbocycles. The lowest BCUT2D eigenvalue weighted by Crippen LogP contribution is -2.35. The summed E-state index contributed by atoms with van der Waals surface area (Å²) in [5, 5.41) is 1.21. The number of aromatic nitrogens is 3. The number of aromatic amines is 1. The molecule has 3 amide bonds. The highest BCUT2D eigenvalue weighted by atomic mass is 19.1. The van der Waals surface area contributed by atoms with Crippen LogP contribution in [0, 0.1) is 5.82 Å². The van der Waals surface area contributed by atoms with Crippen molar-refractivity contribution in [2.75, 3.05) is 20.1 Å². The molecule has 116 valence electrons. The molecule has 3 aromatic heterocycles. The molecule has 4 heterocycles. The molecule has 23 heavy (non-hydrogen) atoms. The quantitative estimate of drug-likeness (QED) is 0.742. The van der Waals surface area contributed by atoms with Gasteiger partial charge in [0.2, 0.25) is 0 Å². The summed E-state index contributed by atoms with van der Waals surface area (Å²) in [6, 6.07) is 2.57. The zero-order valence-corrected chi connectivity index (χ0v) is 12.2. The maximum absolute atomic E-state index is 13.4. The van der Waals surface area contributed by atoms with Crippen molar-refractivity contribution in [1.29, 1.82) is 0 Å². The highest BCUT2D eigenvalue weighted by molar-refractivity contribution is 6.10.